The summed E-state index contributed by atoms with van der Waals surface area (Å²) in [6.45, 7) is 2.30. The average molecular weight is 388 g/mol. The average Bonchev–Trinajstić information content (AvgIpc) is 2.71. The van der Waals surface area contributed by atoms with Gasteiger partial charge in [-0.15, -0.1) is 0 Å². The first-order chi connectivity index (χ1) is 13.8. The number of unbranched alkanes of at least 4 members (excludes halogenated alkanes) is 1. The first-order valence-electron chi connectivity index (χ1n) is 10.7. The van der Waals surface area contributed by atoms with E-state index in [4.69, 9.17) is 14.6 Å². The topological polar surface area (TPSA) is 59.0 Å². The van der Waals surface area contributed by atoms with Crippen LogP contribution >= 0.6 is 0 Å². The van der Waals surface area contributed by atoms with E-state index in [1.54, 1.807) is 0 Å². The number of nitrogens with zero attached hydrogens (tertiary/aromatic N) is 1. The third kappa shape index (κ3) is 6.08. The number of carbonyl (C=O) groups is 1. The lowest BCUT2D eigenvalue weighted by molar-refractivity contribution is -0.153. The summed E-state index contributed by atoms with van der Waals surface area (Å²) in [5, 5.41) is 8.95. The highest BCUT2D eigenvalue weighted by Gasteiger charge is 2.31. The highest BCUT2D eigenvalue weighted by atomic mass is 16.7. The van der Waals surface area contributed by atoms with Crippen LogP contribution in [0.4, 0.5) is 0 Å². The standard InChI is InChI=1S/C23H33NO4/c25-15-9-10-16-27-22-18-20(19-11-5-4-6-12-19)17-21(28-22)23(26)24-13-7-2-1-3-8-14-24/h4-6,11-12,17,20,22,25H,1-3,7-10,13-16,18H2. The van der Waals surface area contributed by atoms with E-state index in [9.17, 15) is 4.79 Å². The summed E-state index contributed by atoms with van der Waals surface area (Å²) in [6, 6.07) is 10.2. The van der Waals surface area contributed by atoms with Crippen LogP contribution in [0.3, 0.4) is 0 Å². The van der Waals surface area contributed by atoms with Gasteiger partial charge in [-0.25, -0.2) is 0 Å². The van der Waals surface area contributed by atoms with Gasteiger partial charge in [-0.1, -0.05) is 49.6 Å². The van der Waals surface area contributed by atoms with Gasteiger partial charge >= 0.3 is 0 Å². The molecule has 0 saturated carbocycles. The minimum absolute atomic E-state index is 0.00788. The number of aliphatic hydroxyl groups excluding tert-OH is 1. The van der Waals surface area contributed by atoms with Crippen molar-refractivity contribution in [2.45, 2.75) is 63.6 Å². The summed E-state index contributed by atoms with van der Waals surface area (Å²) in [7, 11) is 0. The quantitative estimate of drug-likeness (QED) is 0.719. The number of carbonyl (C=O) groups excluding carboxylic acids is 1. The van der Waals surface area contributed by atoms with E-state index in [-0.39, 0.29) is 18.4 Å². The molecular weight excluding hydrogens is 354 g/mol. The van der Waals surface area contributed by atoms with E-state index >= 15 is 0 Å². The lowest BCUT2D eigenvalue weighted by Gasteiger charge is -2.32. The Labute approximate surface area is 168 Å². The summed E-state index contributed by atoms with van der Waals surface area (Å²) >= 11 is 0. The zero-order valence-corrected chi connectivity index (χ0v) is 16.7. The highest BCUT2D eigenvalue weighted by molar-refractivity contribution is 5.91. The lowest BCUT2D eigenvalue weighted by atomic mass is 9.93. The molecule has 0 radical (unpaired) electrons. The minimum atomic E-state index is -0.428. The SMILES string of the molecule is O=C(C1=CC(c2ccccc2)CC(OCCCCO)O1)N1CCCCCCC1. The maximum Gasteiger partial charge on any atom is 0.288 e. The normalized spacial score (nSPS) is 23.3. The molecule has 1 aromatic rings. The van der Waals surface area contributed by atoms with E-state index in [0.717, 1.165) is 32.4 Å². The van der Waals surface area contributed by atoms with Crippen LogP contribution < -0.4 is 0 Å². The first-order valence-corrected chi connectivity index (χ1v) is 10.7. The molecule has 5 nitrogen and oxygen atoms in total. The Morgan fingerprint density at radius 3 is 2.50 bits per heavy atom. The number of benzene rings is 1. The molecule has 154 valence electrons. The number of ether oxygens (including phenoxy) is 2. The molecule has 5 heteroatoms. The zero-order valence-electron chi connectivity index (χ0n) is 16.7. The van der Waals surface area contributed by atoms with E-state index < -0.39 is 6.29 Å². The zero-order chi connectivity index (χ0) is 19.6. The minimum Gasteiger partial charge on any atom is -0.459 e. The molecule has 0 bridgehead atoms. The van der Waals surface area contributed by atoms with Crippen molar-refractivity contribution < 1.29 is 19.4 Å². The van der Waals surface area contributed by atoms with E-state index in [1.165, 1.54) is 24.8 Å². The summed E-state index contributed by atoms with van der Waals surface area (Å²) < 4.78 is 11.9. The maximum absolute atomic E-state index is 13.2. The summed E-state index contributed by atoms with van der Waals surface area (Å²) in [6.07, 6.45) is 9.49. The Morgan fingerprint density at radius 2 is 1.79 bits per heavy atom. The second-order valence-electron chi connectivity index (χ2n) is 7.69. The number of likely N-dealkylation sites (tertiary alicyclic amines) is 1. The van der Waals surface area contributed by atoms with Gasteiger partial charge in [-0.05, 0) is 37.3 Å². The Bertz CT molecular complexity index is 623. The van der Waals surface area contributed by atoms with Crippen molar-refractivity contribution in [3.63, 3.8) is 0 Å². The van der Waals surface area contributed by atoms with Crippen molar-refractivity contribution in [1.82, 2.24) is 4.90 Å². The fraction of sp³-hybridized carbons (Fsp3) is 0.609. The fourth-order valence-corrected chi connectivity index (χ4v) is 3.88. The van der Waals surface area contributed by atoms with Crippen LogP contribution in [-0.4, -0.2) is 48.5 Å². The monoisotopic (exact) mass is 387 g/mol. The first kappa shape index (κ1) is 20.9. The van der Waals surface area contributed by atoms with Gasteiger partial charge in [0.05, 0.1) is 6.61 Å². The number of aliphatic hydroxyl groups is 1. The van der Waals surface area contributed by atoms with Crippen LogP contribution in [0.2, 0.25) is 0 Å². The van der Waals surface area contributed by atoms with Crippen LogP contribution in [0.15, 0.2) is 42.2 Å². The van der Waals surface area contributed by atoms with Crippen LogP contribution in [0, 0.1) is 0 Å². The van der Waals surface area contributed by atoms with Crippen LogP contribution in [0.1, 0.15) is 62.8 Å². The molecule has 0 aliphatic carbocycles. The van der Waals surface area contributed by atoms with E-state index in [1.807, 2.05) is 29.2 Å². The maximum atomic E-state index is 13.2. The molecule has 28 heavy (non-hydrogen) atoms. The Hall–Kier alpha value is -1.85. The third-order valence-corrected chi connectivity index (χ3v) is 5.50. The summed E-state index contributed by atoms with van der Waals surface area (Å²) in [4.78, 5) is 15.1. The third-order valence-electron chi connectivity index (χ3n) is 5.50. The molecule has 1 amide bonds. The summed E-state index contributed by atoms with van der Waals surface area (Å²) in [5.74, 6) is 0.519. The van der Waals surface area contributed by atoms with Gasteiger partial charge in [0, 0.05) is 32.0 Å². The molecule has 1 saturated heterocycles. The van der Waals surface area contributed by atoms with E-state index in [0.29, 0.717) is 25.2 Å². The molecule has 2 unspecified atom stereocenters. The van der Waals surface area contributed by atoms with Crippen LogP contribution in [0.25, 0.3) is 0 Å². The van der Waals surface area contributed by atoms with Crippen LogP contribution in [-0.2, 0) is 14.3 Å². The van der Waals surface area contributed by atoms with Crippen molar-refractivity contribution in [3.8, 4) is 0 Å². The Kier molecular flexibility index (Phi) is 8.37. The molecular formula is C23H33NO4. The van der Waals surface area contributed by atoms with Crippen molar-refractivity contribution in [2.24, 2.45) is 0 Å². The molecule has 0 aromatic heterocycles. The smallest absolute Gasteiger partial charge is 0.288 e. The Morgan fingerprint density at radius 1 is 1.07 bits per heavy atom. The van der Waals surface area contributed by atoms with Gasteiger partial charge in [-0.2, -0.15) is 0 Å². The predicted octanol–water partition coefficient (Wildman–Crippen LogP) is 3.98. The molecule has 3 rings (SSSR count). The van der Waals surface area contributed by atoms with Gasteiger partial charge < -0.3 is 19.5 Å². The molecule has 1 fully saturated rings. The number of allylic oxidation sites excluding steroid dienone is 1. The highest BCUT2D eigenvalue weighted by Crippen LogP contribution is 2.32. The van der Waals surface area contributed by atoms with Gasteiger partial charge in [0.1, 0.15) is 0 Å². The van der Waals surface area contributed by atoms with Gasteiger partial charge in [0.25, 0.3) is 5.91 Å². The number of rotatable bonds is 7. The fourth-order valence-electron chi connectivity index (χ4n) is 3.88. The summed E-state index contributed by atoms with van der Waals surface area (Å²) in [5.41, 5.74) is 1.17. The molecule has 2 heterocycles. The number of amides is 1. The van der Waals surface area contributed by atoms with E-state index in [2.05, 4.69) is 12.1 Å². The number of hydrogen-bond donors (Lipinski definition) is 1. The largest absolute Gasteiger partial charge is 0.459 e. The molecule has 0 spiro atoms. The van der Waals surface area contributed by atoms with Crippen molar-refractivity contribution in [1.29, 1.82) is 0 Å². The second-order valence-corrected chi connectivity index (χ2v) is 7.69. The predicted molar refractivity (Wildman–Crippen MR) is 109 cm³/mol. The van der Waals surface area contributed by atoms with Gasteiger partial charge in [0.2, 0.25) is 6.29 Å². The molecule has 2 aliphatic rings. The molecule has 1 aromatic carbocycles. The van der Waals surface area contributed by atoms with Crippen molar-refractivity contribution in [3.05, 3.63) is 47.7 Å². The van der Waals surface area contributed by atoms with Gasteiger partial charge in [-0.3, -0.25) is 4.79 Å². The Balaban J connectivity index is 1.71. The molecule has 1 N–H and O–H groups in total. The molecule has 2 atom stereocenters. The molecule has 2 aliphatic heterocycles. The van der Waals surface area contributed by atoms with Crippen molar-refractivity contribution in [2.75, 3.05) is 26.3 Å². The van der Waals surface area contributed by atoms with Gasteiger partial charge in [0.15, 0.2) is 5.76 Å². The second kappa shape index (κ2) is 11.2. The van der Waals surface area contributed by atoms with Crippen LogP contribution in [0.5, 0.6) is 0 Å². The van der Waals surface area contributed by atoms with Crippen molar-refractivity contribution >= 4 is 5.91 Å². The number of hydrogen-bond acceptors (Lipinski definition) is 4. The lowest BCUT2D eigenvalue weighted by Crippen LogP contribution is -2.38.